The SMILES string of the molecule is C=CCc1ccc(OCC(=O)Nc2nnc(SCC(=O)OCC)s2)c(OC)c1. The maximum Gasteiger partial charge on any atom is 0.316 e. The summed E-state index contributed by atoms with van der Waals surface area (Å²) in [4.78, 5) is 23.4. The van der Waals surface area contributed by atoms with Crippen LogP contribution in [0.25, 0.3) is 0 Å². The third kappa shape index (κ3) is 6.86. The van der Waals surface area contributed by atoms with Crippen molar-refractivity contribution in [3.63, 3.8) is 0 Å². The summed E-state index contributed by atoms with van der Waals surface area (Å²) in [6, 6.07) is 5.47. The molecule has 1 heterocycles. The molecule has 2 rings (SSSR count). The molecule has 1 aromatic carbocycles. The number of nitrogens with zero attached hydrogens (tertiary/aromatic N) is 2. The van der Waals surface area contributed by atoms with Gasteiger partial charge in [0, 0.05) is 0 Å². The third-order valence-electron chi connectivity index (χ3n) is 3.24. The van der Waals surface area contributed by atoms with Gasteiger partial charge in [-0.2, -0.15) is 0 Å². The number of thioether (sulfide) groups is 1. The molecule has 0 saturated heterocycles. The monoisotopic (exact) mass is 423 g/mol. The van der Waals surface area contributed by atoms with E-state index in [9.17, 15) is 9.59 Å². The molecule has 28 heavy (non-hydrogen) atoms. The number of hydrogen-bond acceptors (Lipinski definition) is 9. The quantitative estimate of drug-likeness (QED) is 0.255. The fraction of sp³-hybridized carbons (Fsp3) is 0.333. The highest BCUT2D eigenvalue weighted by molar-refractivity contribution is 8.01. The van der Waals surface area contributed by atoms with E-state index in [-0.39, 0.29) is 24.2 Å². The van der Waals surface area contributed by atoms with E-state index in [1.54, 1.807) is 19.1 Å². The molecule has 0 atom stereocenters. The number of nitrogens with one attached hydrogen (secondary N) is 1. The molecule has 0 aliphatic carbocycles. The van der Waals surface area contributed by atoms with Gasteiger partial charge in [-0.05, 0) is 31.0 Å². The number of benzene rings is 1. The lowest BCUT2D eigenvalue weighted by atomic mass is 10.1. The average Bonchev–Trinajstić information content (AvgIpc) is 3.13. The Bertz CT molecular complexity index is 825. The highest BCUT2D eigenvalue weighted by Crippen LogP contribution is 2.29. The summed E-state index contributed by atoms with van der Waals surface area (Å²) in [6.45, 7) is 5.57. The molecular formula is C18H21N3O5S2. The number of allylic oxidation sites excluding steroid dienone is 1. The zero-order valence-corrected chi connectivity index (χ0v) is 17.2. The highest BCUT2D eigenvalue weighted by atomic mass is 32.2. The lowest BCUT2D eigenvalue weighted by Gasteiger charge is -2.11. The molecule has 0 radical (unpaired) electrons. The number of carbonyl (C=O) groups is 2. The first-order chi connectivity index (χ1) is 13.5. The van der Waals surface area contributed by atoms with Gasteiger partial charge >= 0.3 is 5.97 Å². The Kier molecular flexibility index (Phi) is 8.76. The molecule has 0 saturated carbocycles. The summed E-state index contributed by atoms with van der Waals surface area (Å²) in [5, 5.41) is 10.7. The maximum absolute atomic E-state index is 12.1. The largest absolute Gasteiger partial charge is 0.493 e. The van der Waals surface area contributed by atoms with Gasteiger partial charge in [0.15, 0.2) is 22.4 Å². The van der Waals surface area contributed by atoms with Gasteiger partial charge in [0.2, 0.25) is 5.13 Å². The van der Waals surface area contributed by atoms with Crippen molar-refractivity contribution in [2.24, 2.45) is 0 Å². The van der Waals surface area contributed by atoms with Gasteiger partial charge in [0.1, 0.15) is 0 Å². The van der Waals surface area contributed by atoms with Crippen molar-refractivity contribution in [3.05, 3.63) is 36.4 Å². The molecular weight excluding hydrogens is 402 g/mol. The van der Waals surface area contributed by atoms with Crippen LogP contribution in [0.4, 0.5) is 5.13 Å². The molecule has 0 fully saturated rings. The van der Waals surface area contributed by atoms with Crippen molar-refractivity contribution in [3.8, 4) is 11.5 Å². The molecule has 0 spiro atoms. The number of hydrogen-bond donors (Lipinski definition) is 1. The molecule has 10 heteroatoms. The van der Waals surface area contributed by atoms with Gasteiger partial charge in [-0.15, -0.1) is 16.8 Å². The van der Waals surface area contributed by atoms with Crippen LogP contribution in [0.15, 0.2) is 35.2 Å². The predicted octanol–water partition coefficient (Wildman–Crippen LogP) is 2.95. The molecule has 0 unspecified atom stereocenters. The lowest BCUT2D eigenvalue weighted by molar-refractivity contribution is -0.139. The molecule has 1 N–H and O–H groups in total. The molecule has 0 aliphatic rings. The Balaban J connectivity index is 1.84. The molecule has 150 valence electrons. The summed E-state index contributed by atoms with van der Waals surface area (Å²) in [7, 11) is 1.54. The van der Waals surface area contributed by atoms with Crippen LogP contribution >= 0.6 is 23.1 Å². The predicted molar refractivity (Wildman–Crippen MR) is 108 cm³/mol. The maximum atomic E-state index is 12.1. The van der Waals surface area contributed by atoms with Crippen LogP contribution in [0, 0.1) is 0 Å². The van der Waals surface area contributed by atoms with E-state index in [0.717, 1.165) is 5.56 Å². The Morgan fingerprint density at radius 2 is 2.14 bits per heavy atom. The van der Waals surface area contributed by atoms with E-state index in [4.69, 9.17) is 14.2 Å². The normalized spacial score (nSPS) is 10.2. The van der Waals surface area contributed by atoms with Gasteiger partial charge in [-0.25, -0.2) is 0 Å². The fourth-order valence-corrected chi connectivity index (χ4v) is 3.63. The van der Waals surface area contributed by atoms with Gasteiger partial charge in [0.25, 0.3) is 5.91 Å². The average molecular weight is 424 g/mol. The summed E-state index contributed by atoms with van der Waals surface area (Å²) < 4.78 is 16.2. The van der Waals surface area contributed by atoms with Crippen molar-refractivity contribution in [1.82, 2.24) is 10.2 Å². The smallest absolute Gasteiger partial charge is 0.316 e. The minimum absolute atomic E-state index is 0.140. The van der Waals surface area contributed by atoms with Crippen molar-refractivity contribution in [2.75, 3.05) is 31.4 Å². The zero-order valence-electron chi connectivity index (χ0n) is 15.6. The molecule has 1 aromatic heterocycles. The second-order valence-electron chi connectivity index (χ2n) is 5.28. The topological polar surface area (TPSA) is 99.6 Å². The van der Waals surface area contributed by atoms with Gasteiger partial charge in [0.05, 0.1) is 19.5 Å². The minimum atomic E-state index is -0.379. The van der Waals surface area contributed by atoms with E-state index < -0.39 is 0 Å². The Hall–Kier alpha value is -2.59. The van der Waals surface area contributed by atoms with Crippen molar-refractivity contribution in [1.29, 1.82) is 0 Å². The number of aromatic nitrogens is 2. The number of carbonyl (C=O) groups excluding carboxylic acids is 2. The van der Waals surface area contributed by atoms with Crippen molar-refractivity contribution in [2.45, 2.75) is 17.7 Å². The fourth-order valence-electron chi connectivity index (χ4n) is 2.07. The van der Waals surface area contributed by atoms with Crippen LogP contribution in [-0.2, 0) is 20.7 Å². The van der Waals surface area contributed by atoms with Crippen molar-refractivity contribution >= 4 is 40.1 Å². The van der Waals surface area contributed by atoms with Crippen LogP contribution in [0.2, 0.25) is 0 Å². The molecule has 1 amide bonds. The summed E-state index contributed by atoms with van der Waals surface area (Å²) in [6.07, 6.45) is 2.51. The van der Waals surface area contributed by atoms with E-state index in [2.05, 4.69) is 22.1 Å². The number of ether oxygens (including phenoxy) is 3. The number of esters is 1. The van der Waals surface area contributed by atoms with Crippen molar-refractivity contribution < 1.29 is 23.8 Å². The van der Waals surface area contributed by atoms with E-state index in [1.807, 2.05) is 12.1 Å². The van der Waals surface area contributed by atoms with E-state index >= 15 is 0 Å². The Labute approximate surface area is 171 Å². The molecule has 0 bridgehead atoms. The number of anilines is 1. The minimum Gasteiger partial charge on any atom is -0.493 e. The summed E-state index contributed by atoms with van der Waals surface area (Å²) in [5.74, 6) is 0.445. The Morgan fingerprint density at radius 3 is 2.86 bits per heavy atom. The third-order valence-corrected chi connectivity index (χ3v) is 5.18. The lowest BCUT2D eigenvalue weighted by Crippen LogP contribution is -2.20. The second kappa shape index (κ2) is 11.3. The molecule has 2 aromatic rings. The van der Waals surface area contributed by atoms with Gasteiger partial charge in [-0.1, -0.05) is 35.2 Å². The first kappa shape index (κ1) is 21.7. The summed E-state index contributed by atoms with van der Waals surface area (Å²) in [5.41, 5.74) is 1.03. The Morgan fingerprint density at radius 1 is 1.32 bits per heavy atom. The first-order valence-electron chi connectivity index (χ1n) is 8.38. The van der Waals surface area contributed by atoms with Gasteiger partial charge in [-0.3, -0.25) is 14.9 Å². The van der Waals surface area contributed by atoms with Gasteiger partial charge < -0.3 is 14.2 Å². The van der Waals surface area contributed by atoms with E-state index in [1.165, 1.54) is 30.2 Å². The number of rotatable bonds is 11. The first-order valence-corrected chi connectivity index (χ1v) is 10.2. The molecule has 8 nitrogen and oxygen atoms in total. The second-order valence-corrected chi connectivity index (χ2v) is 7.48. The highest BCUT2D eigenvalue weighted by Gasteiger charge is 2.13. The van der Waals surface area contributed by atoms with Crippen LogP contribution in [-0.4, -0.2) is 48.2 Å². The van der Waals surface area contributed by atoms with Crippen LogP contribution in [0.3, 0.4) is 0 Å². The number of amides is 1. The standard InChI is InChI=1S/C18H21N3O5S2/c1-4-6-12-7-8-13(14(9-12)24-3)26-10-15(22)19-17-20-21-18(28-17)27-11-16(23)25-5-2/h4,7-9H,1,5-6,10-11H2,2-3H3,(H,19,20,22). The van der Waals surface area contributed by atoms with Crippen LogP contribution < -0.4 is 14.8 Å². The van der Waals surface area contributed by atoms with Crippen LogP contribution in [0.5, 0.6) is 11.5 Å². The van der Waals surface area contributed by atoms with E-state index in [0.29, 0.717) is 34.0 Å². The van der Waals surface area contributed by atoms with Crippen LogP contribution in [0.1, 0.15) is 12.5 Å². The zero-order chi connectivity index (χ0) is 20.4. The summed E-state index contributed by atoms with van der Waals surface area (Å²) >= 11 is 2.37. The number of methoxy groups -OCH3 is 1. The molecule has 0 aliphatic heterocycles.